The van der Waals surface area contributed by atoms with Gasteiger partial charge >= 0.3 is 0 Å². The molecular weight excluding hydrogens is 338 g/mol. The van der Waals surface area contributed by atoms with E-state index in [1.807, 2.05) is 6.08 Å². The molecule has 2 heteroatoms. The maximum atomic E-state index is 6.51. The Bertz CT molecular complexity index is 1020. The molecule has 1 heterocycles. The lowest BCUT2D eigenvalue weighted by Crippen LogP contribution is -2.21. The first-order valence-electron chi connectivity index (χ1n) is 8.90. The Morgan fingerprint density at radius 2 is 1.46 bits per heavy atom. The molecule has 2 unspecified atom stereocenters. The maximum Gasteiger partial charge on any atom is 0.0724 e. The first-order chi connectivity index (χ1) is 12.8. The van der Waals surface area contributed by atoms with Gasteiger partial charge in [-0.15, -0.1) is 0 Å². The van der Waals surface area contributed by atoms with Gasteiger partial charge in [0, 0.05) is 22.2 Å². The van der Waals surface area contributed by atoms with Crippen molar-refractivity contribution in [3.05, 3.63) is 102 Å². The average molecular weight is 356 g/mol. The van der Waals surface area contributed by atoms with Gasteiger partial charge in [0.2, 0.25) is 0 Å². The zero-order valence-corrected chi connectivity index (χ0v) is 14.9. The van der Waals surface area contributed by atoms with Crippen LogP contribution in [0.2, 0.25) is 0 Å². The Balaban J connectivity index is 1.74. The van der Waals surface area contributed by atoms with Crippen molar-refractivity contribution >= 4 is 17.3 Å². The molecule has 0 fully saturated rings. The molecule has 0 aromatic heterocycles. The first kappa shape index (κ1) is 15.5. The van der Waals surface area contributed by atoms with E-state index in [0.29, 0.717) is 0 Å². The van der Waals surface area contributed by atoms with Crippen LogP contribution in [0.5, 0.6) is 0 Å². The molecule has 0 saturated carbocycles. The summed E-state index contributed by atoms with van der Waals surface area (Å²) >= 11 is 6.51. The minimum Gasteiger partial charge on any atom is -0.376 e. The molecule has 126 valence electrons. The predicted octanol–water partition coefficient (Wildman–Crippen LogP) is 6.59. The van der Waals surface area contributed by atoms with Crippen LogP contribution in [0.15, 0.2) is 96.1 Å². The fourth-order valence-corrected chi connectivity index (χ4v) is 4.25. The van der Waals surface area contributed by atoms with Crippen molar-refractivity contribution in [3.8, 4) is 22.3 Å². The highest BCUT2D eigenvalue weighted by Crippen LogP contribution is 2.48. The van der Waals surface area contributed by atoms with E-state index in [2.05, 4.69) is 90.3 Å². The third-order valence-electron chi connectivity index (χ3n) is 5.25. The Kier molecular flexibility index (Phi) is 3.69. The summed E-state index contributed by atoms with van der Waals surface area (Å²) in [5, 5.41) is 4.55. The second-order valence-corrected chi connectivity index (χ2v) is 7.24. The van der Waals surface area contributed by atoms with Gasteiger partial charge in [-0.05, 0) is 40.5 Å². The number of rotatable bonds is 2. The lowest BCUT2D eigenvalue weighted by Gasteiger charge is -2.19. The molecule has 26 heavy (non-hydrogen) atoms. The van der Waals surface area contributed by atoms with Gasteiger partial charge in [-0.2, -0.15) is 0 Å². The van der Waals surface area contributed by atoms with Crippen LogP contribution in [0, 0.1) is 0 Å². The number of hydrogen-bond acceptors (Lipinski definition) is 1. The monoisotopic (exact) mass is 355 g/mol. The first-order valence-corrected chi connectivity index (χ1v) is 9.28. The topological polar surface area (TPSA) is 12.0 Å². The number of anilines is 1. The largest absolute Gasteiger partial charge is 0.376 e. The molecule has 1 aliphatic carbocycles. The lowest BCUT2D eigenvalue weighted by molar-refractivity contribution is 0.793. The molecule has 2 aliphatic rings. The average Bonchev–Trinajstić information content (AvgIpc) is 3.09. The van der Waals surface area contributed by atoms with Gasteiger partial charge in [0.05, 0.1) is 6.04 Å². The van der Waals surface area contributed by atoms with Crippen LogP contribution in [-0.2, 0) is 0 Å². The summed E-state index contributed by atoms with van der Waals surface area (Å²) in [6, 6.07) is 25.9. The van der Waals surface area contributed by atoms with E-state index >= 15 is 0 Å². The highest BCUT2D eigenvalue weighted by molar-refractivity contribution is 6.31. The van der Waals surface area contributed by atoms with E-state index in [1.165, 1.54) is 33.5 Å². The molecule has 3 aromatic rings. The van der Waals surface area contributed by atoms with Crippen LogP contribution in [0.4, 0.5) is 5.69 Å². The van der Waals surface area contributed by atoms with Crippen molar-refractivity contribution < 1.29 is 0 Å². The molecule has 0 radical (unpaired) electrons. The fraction of sp³-hybridized carbons (Fsp3) is 0.0833. The van der Waals surface area contributed by atoms with E-state index in [4.69, 9.17) is 11.6 Å². The summed E-state index contributed by atoms with van der Waals surface area (Å²) in [6.07, 6.45) is 6.30. The third kappa shape index (κ3) is 2.48. The van der Waals surface area contributed by atoms with Crippen LogP contribution in [0.3, 0.4) is 0 Å². The number of halogens is 1. The summed E-state index contributed by atoms with van der Waals surface area (Å²) in [5.74, 6) is 0.272. The summed E-state index contributed by atoms with van der Waals surface area (Å²) in [4.78, 5) is 0. The summed E-state index contributed by atoms with van der Waals surface area (Å²) < 4.78 is 0. The quantitative estimate of drug-likeness (QED) is 0.546. The van der Waals surface area contributed by atoms with Crippen molar-refractivity contribution in [2.24, 2.45) is 0 Å². The third-order valence-corrected chi connectivity index (χ3v) is 5.61. The van der Waals surface area contributed by atoms with E-state index in [1.54, 1.807) is 0 Å². The van der Waals surface area contributed by atoms with Crippen molar-refractivity contribution in [1.29, 1.82) is 0 Å². The Hall–Kier alpha value is -2.77. The van der Waals surface area contributed by atoms with Crippen LogP contribution < -0.4 is 5.32 Å². The number of fused-ring (bicyclic) bond motifs is 3. The standard InChI is InChI=1S/C24H18ClN/c25-22-13-7-12-19-21-15-18(16-8-3-1-4-9-16)14-20(23(21)26-24(19)22)17-10-5-2-6-11-17/h1-15,19,24,26H. The second kappa shape index (κ2) is 6.19. The molecule has 1 nitrogen and oxygen atoms in total. The SMILES string of the molecule is ClC1=CC=CC2c3cc(-c4ccccc4)cc(-c4ccccc4)c3NC12. The zero-order valence-electron chi connectivity index (χ0n) is 14.2. The van der Waals surface area contributed by atoms with Crippen LogP contribution in [0.1, 0.15) is 11.5 Å². The molecule has 0 saturated heterocycles. The molecule has 2 atom stereocenters. The molecular formula is C24H18ClN. The van der Waals surface area contributed by atoms with E-state index in [0.717, 1.165) is 5.03 Å². The molecule has 0 amide bonds. The highest BCUT2D eigenvalue weighted by Gasteiger charge is 2.35. The van der Waals surface area contributed by atoms with Crippen LogP contribution in [-0.4, -0.2) is 6.04 Å². The summed E-state index contributed by atoms with van der Waals surface area (Å²) in [5.41, 5.74) is 7.44. The Labute approximate surface area is 158 Å². The number of nitrogens with one attached hydrogen (secondary N) is 1. The van der Waals surface area contributed by atoms with Crippen molar-refractivity contribution in [2.75, 3.05) is 5.32 Å². The van der Waals surface area contributed by atoms with Gasteiger partial charge in [-0.25, -0.2) is 0 Å². The van der Waals surface area contributed by atoms with E-state index in [9.17, 15) is 0 Å². The van der Waals surface area contributed by atoms with Gasteiger partial charge in [0.15, 0.2) is 0 Å². The molecule has 1 aliphatic heterocycles. The zero-order chi connectivity index (χ0) is 17.5. The van der Waals surface area contributed by atoms with Gasteiger partial charge in [0.25, 0.3) is 0 Å². The smallest absolute Gasteiger partial charge is 0.0724 e. The Morgan fingerprint density at radius 3 is 2.19 bits per heavy atom. The van der Waals surface area contributed by atoms with Gasteiger partial charge < -0.3 is 5.32 Å². The molecule has 5 rings (SSSR count). The van der Waals surface area contributed by atoms with Crippen LogP contribution >= 0.6 is 11.6 Å². The maximum absolute atomic E-state index is 6.51. The minimum atomic E-state index is 0.130. The lowest BCUT2D eigenvalue weighted by atomic mass is 9.87. The van der Waals surface area contributed by atoms with E-state index in [-0.39, 0.29) is 12.0 Å². The van der Waals surface area contributed by atoms with Gasteiger partial charge in [0.1, 0.15) is 0 Å². The second-order valence-electron chi connectivity index (χ2n) is 6.80. The van der Waals surface area contributed by atoms with Crippen LogP contribution in [0.25, 0.3) is 22.3 Å². The Morgan fingerprint density at radius 1 is 0.769 bits per heavy atom. The normalized spacial score (nSPS) is 20.1. The van der Waals surface area contributed by atoms with Gasteiger partial charge in [-0.1, -0.05) is 84.4 Å². The highest BCUT2D eigenvalue weighted by atomic mass is 35.5. The molecule has 3 aromatic carbocycles. The van der Waals surface area contributed by atoms with E-state index < -0.39 is 0 Å². The number of benzene rings is 3. The van der Waals surface area contributed by atoms with Crippen molar-refractivity contribution in [3.63, 3.8) is 0 Å². The molecule has 0 spiro atoms. The van der Waals surface area contributed by atoms with Gasteiger partial charge in [-0.3, -0.25) is 0 Å². The number of allylic oxidation sites excluding steroid dienone is 2. The van der Waals surface area contributed by atoms with Crippen molar-refractivity contribution in [1.82, 2.24) is 0 Å². The fourth-order valence-electron chi connectivity index (χ4n) is 3.98. The number of hydrogen-bond donors (Lipinski definition) is 1. The predicted molar refractivity (Wildman–Crippen MR) is 111 cm³/mol. The molecule has 0 bridgehead atoms. The molecule has 1 N–H and O–H groups in total. The minimum absolute atomic E-state index is 0.130. The van der Waals surface area contributed by atoms with Crippen molar-refractivity contribution in [2.45, 2.75) is 12.0 Å². The summed E-state index contributed by atoms with van der Waals surface area (Å²) in [6.45, 7) is 0. The summed E-state index contributed by atoms with van der Waals surface area (Å²) in [7, 11) is 0.